The standard InChI is InChI=1S/C16H26ClN3O/c1-5-11(3)10-20(6-2)12(4)16(21)19-13-7-8-14(17)15(18)9-13/h7-9,11-12H,5-6,10,18H2,1-4H3,(H,19,21). The van der Waals surface area contributed by atoms with Gasteiger partial charge < -0.3 is 11.1 Å². The average molecular weight is 312 g/mol. The monoisotopic (exact) mass is 311 g/mol. The van der Waals surface area contributed by atoms with E-state index in [-0.39, 0.29) is 11.9 Å². The molecule has 0 aliphatic rings. The third-order valence-electron chi connectivity index (χ3n) is 3.84. The summed E-state index contributed by atoms with van der Waals surface area (Å²) < 4.78 is 0. The number of anilines is 2. The van der Waals surface area contributed by atoms with Gasteiger partial charge in [0.15, 0.2) is 0 Å². The molecule has 2 atom stereocenters. The predicted octanol–water partition coefficient (Wildman–Crippen LogP) is 3.62. The Morgan fingerprint density at radius 2 is 2.05 bits per heavy atom. The van der Waals surface area contributed by atoms with E-state index in [0.717, 1.165) is 19.5 Å². The number of nitrogen functional groups attached to an aromatic ring is 1. The van der Waals surface area contributed by atoms with Crippen molar-refractivity contribution in [2.45, 2.75) is 40.2 Å². The summed E-state index contributed by atoms with van der Waals surface area (Å²) in [5.41, 5.74) is 6.89. The van der Waals surface area contributed by atoms with Gasteiger partial charge in [0, 0.05) is 12.2 Å². The summed E-state index contributed by atoms with van der Waals surface area (Å²) in [6, 6.07) is 4.95. The molecule has 0 aliphatic heterocycles. The Morgan fingerprint density at radius 1 is 1.38 bits per heavy atom. The highest BCUT2D eigenvalue weighted by molar-refractivity contribution is 6.33. The van der Waals surface area contributed by atoms with E-state index in [2.05, 4.69) is 31.0 Å². The van der Waals surface area contributed by atoms with Gasteiger partial charge >= 0.3 is 0 Å². The van der Waals surface area contributed by atoms with Crippen molar-refractivity contribution in [3.8, 4) is 0 Å². The van der Waals surface area contributed by atoms with Crippen LogP contribution in [0.15, 0.2) is 18.2 Å². The Hall–Kier alpha value is -1.26. The van der Waals surface area contributed by atoms with Gasteiger partial charge in [-0.25, -0.2) is 0 Å². The number of halogens is 1. The number of likely N-dealkylation sites (N-methyl/N-ethyl adjacent to an activating group) is 1. The zero-order chi connectivity index (χ0) is 16.0. The smallest absolute Gasteiger partial charge is 0.241 e. The van der Waals surface area contributed by atoms with Crippen LogP contribution in [0.2, 0.25) is 5.02 Å². The van der Waals surface area contributed by atoms with E-state index in [1.165, 1.54) is 0 Å². The predicted molar refractivity (Wildman–Crippen MR) is 90.7 cm³/mol. The molecular formula is C16H26ClN3O. The maximum atomic E-state index is 12.4. The Kier molecular flexibility index (Phi) is 6.99. The lowest BCUT2D eigenvalue weighted by molar-refractivity contribution is -0.120. The molecule has 0 saturated heterocycles. The molecule has 0 fully saturated rings. The number of amides is 1. The second-order valence-corrected chi connectivity index (χ2v) is 5.91. The lowest BCUT2D eigenvalue weighted by Crippen LogP contribution is -2.43. The second-order valence-electron chi connectivity index (χ2n) is 5.50. The molecular weight excluding hydrogens is 286 g/mol. The average Bonchev–Trinajstić information content (AvgIpc) is 2.47. The zero-order valence-corrected chi connectivity index (χ0v) is 14.1. The first-order valence-corrected chi connectivity index (χ1v) is 7.86. The van der Waals surface area contributed by atoms with Crippen molar-refractivity contribution in [2.24, 2.45) is 5.92 Å². The van der Waals surface area contributed by atoms with Crippen LogP contribution in [0.1, 0.15) is 34.1 Å². The number of carbonyl (C=O) groups is 1. The SMILES string of the molecule is CCC(C)CN(CC)C(C)C(=O)Nc1ccc(Cl)c(N)c1. The molecule has 1 aromatic rings. The van der Waals surface area contributed by atoms with Gasteiger partial charge in [0.05, 0.1) is 16.8 Å². The van der Waals surface area contributed by atoms with Crippen LogP contribution < -0.4 is 11.1 Å². The number of rotatable bonds is 7. The van der Waals surface area contributed by atoms with Gasteiger partial charge in [-0.1, -0.05) is 38.8 Å². The van der Waals surface area contributed by atoms with Crippen LogP contribution in [-0.4, -0.2) is 29.9 Å². The summed E-state index contributed by atoms with van der Waals surface area (Å²) in [6.45, 7) is 10.1. The number of hydrogen-bond donors (Lipinski definition) is 2. The van der Waals surface area contributed by atoms with Crippen molar-refractivity contribution in [2.75, 3.05) is 24.1 Å². The van der Waals surface area contributed by atoms with E-state index >= 15 is 0 Å². The van der Waals surface area contributed by atoms with Gasteiger partial charge in [0.1, 0.15) is 0 Å². The largest absolute Gasteiger partial charge is 0.397 e. The van der Waals surface area contributed by atoms with Gasteiger partial charge in [0.2, 0.25) is 5.91 Å². The lowest BCUT2D eigenvalue weighted by Gasteiger charge is -2.29. The molecule has 21 heavy (non-hydrogen) atoms. The molecule has 1 amide bonds. The second kappa shape index (κ2) is 8.25. The Morgan fingerprint density at radius 3 is 2.57 bits per heavy atom. The number of nitrogens with one attached hydrogen (secondary N) is 1. The first-order valence-electron chi connectivity index (χ1n) is 7.48. The molecule has 2 unspecified atom stereocenters. The lowest BCUT2D eigenvalue weighted by atomic mass is 10.1. The van der Waals surface area contributed by atoms with E-state index < -0.39 is 0 Å². The molecule has 0 spiro atoms. The van der Waals surface area contributed by atoms with Crippen LogP contribution in [-0.2, 0) is 4.79 Å². The summed E-state index contributed by atoms with van der Waals surface area (Å²) >= 11 is 5.88. The van der Waals surface area contributed by atoms with Gasteiger partial charge in [-0.2, -0.15) is 0 Å². The van der Waals surface area contributed by atoms with Crippen molar-refractivity contribution >= 4 is 28.9 Å². The minimum absolute atomic E-state index is 0.0260. The Balaban J connectivity index is 2.69. The van der Waals surface area contributed by atoms with E-state index in [0.29, 0.717) is 22.3 Å². The van der Waals surface area contributed by atoms with Crippen LogP contribution in [0.4, 0.5) is 11.4 Å². The van der Waals surface area contributed by atoms with Crippen molar-refractivity contribution in [1.29, 1.82) is 0 Å². The highest BCUT2D eigenvalue weighted by Crippen LogP contribution is 2.22. The normalized spacial score (nSPS) is 14.0. The van der Waals surface area contributed by atoms with Crippen molar-refractivity contribution < 1.29 is 4.79 Å². The van der Waals surface area contributed by atoms with Gasteiger partial charge in [-0.05, 0) is 37.6 Å². The van der Waals surface area contributed by atoms with Gasteiger partial charge in [-0.15, -0.1) is 0 Å². The number of benzene rings is 1. The summed E-state index contributed by atoms with van der Waals surface area (Å²) in [5.74, 6) is 0.549. The van der Waals surface area contributed by atoms with E-state index in [4.69, 9.17) is 17.3 Å². The third-order valence-corrected chi connectivity index (χ3v) is 4.18. The van der Waals surface area contributed by atoms with Crippen LogP contribution in [0.3, 0.4) is 0 Å². The van der Waals surface area contributed by atoms with Crippen molar-refractivity contribution in [3.05, 3.63) is 23.2 Å². The maximum Gasteiger partial charge on any atom is 0.241 e. The first kappa shape index (κ1) is 17.8. The fraction of sp³-hybridized carbons (Fsp3) is 0.562. The van der Waals surface area contributed by atoms with Crippen LogP contribution in [0.5, 0.6) is 0 Å². The molecule has 0 radical (unpaired) electrons. The molecule has 0 saturated carbocycles. The topological polar surface area (TPSA) is 58.4 Å². The van der Waals surface area contributed by atoms with Crippen LogP contribution >= 0.6 is 11.6 Å². The summed E-state index contributed by atoms with van der Waals surface area (Å²) in [4.78, 5) is 14.5. The molecule has 118 valence electrons. The number of hydrogen-bond acceptors (Lipinski definition) is 3. The molecule has 0 aliphatic carbocycles. The summed E-state index contributed by atoms with van der Waals surface area (Å²) in [7, 11) is 0. The molecule has 0 bridgehead atoms. The highest BCUT2D eigenvalue weighted by atomic mass is 35.5. The Labute approximate surface area is 132 Å². The van der Waals surface area contributed by atoms with Crippen molar-refractivity contribution in [3.63, 3.8) is 0 Å². The number of nitrogens with zero attached hydrogens (tertiary/aromatic N) is 1. The number of carbonyl (C=O) groups excluding carboxylic acids is 1. The molecule has 0 heterocycles. The quantitative estimate of drug-likeness (QED) is 0.756. The summed E-state index contributed by atoms with van der Waals surface area (Å²) in [6.07, 6.45) is 1.11. The van der Waals surface area contributed by atoms with Crippen LogP contribution in [0.25, 0.3) is 0 Å². The fourth-order valence-electron chi connectivity index (χ4n) is 2.12. The molecule has 1 aromatic carbocycles. The van der Waals surface area contributed by atoms with E-state index in [1.807, 2.05) is 6.92 Å². The molecule has 3 N–H and O–H groups in total. The fourth-order valence-corrected chi connectivity index (χ4v) is 2.24. The number of nitrogens with two attached hydrogens (primary N) is 1. The van der Waals surface area contributed by atoms with Gasteiger partial charge in [-0.3, -0.25) is 9.69 Å². The minimum atomic E-state index is -0.180. The molecule has 1 rings (SSSR count). The zero-order valence-electron chi connectivity index (χ0n) is 13.3. The minimum Gasteiger partial charge on any atom is -0.397 e. The van der Waals surface area contributed by atoms with Crippen molar-refractivity contribution in [1.82, 2.24) is 4.90 Å². The van der Waals surface area contributed by atoms with Crippen LogP contribution in [0, 0.1) is 5.92 Å². The Bertz CT molecular complexity index is 479. The van der Waals surface area contributed by atoms with E-state index in [1.54, 1.807) is 18.2 Å². The van der Waals surface area contributed by atoms with Gasteiger partial charge in [0.25, 0.3) is 0 Å². The first-order chi connectivity index (χ1) is 9.88. The molecule has 4 nitrogen and oxygen atoms in total. The molecule has 5 heteroatoms. The maximum absolute atomic E-state index is 12.4. The van der Waals surface area contributed by atoms with E-state index in [9.17, 15) is 4.79 Å². The molecule has 0 aromatic heterocycles. The summed E-state index contributed by atoms with van der Waals surface area (Å²) in [5, 5.41) is 3.39. The highest BCUT2D eigenvalue weighted by Gasteiger charge is 2.21. The third kappa shape index (κ3) is 5.21.